The number of amides is 1. The molecule has 0 fully saturated rings. The zero-order valence-electron chi connectivity index (χ0n) is 10.8. The molecule has 0 bridgehead atoms. The lowest BCUT2D eigenvalue weighted by Gasteiger charge is -2.08. The van der Waals surface area contributed by atoms with Gasteiger partial charge in [0.2, 0.25) is 0 Å². The Morgan fingerprint density at radius 2 is 1.95 bits per heavy atom. The predicted octanol–water partition coefficient (Wildman–Crippen LogP) is 3.49. The van der Waals surface area contributed by atoms with E-state index in [9.17, 15) is 13.2 Å². The summed E-state index contributed by atoms with van der Waals surface area (Å²) in [6.07, 6.45) is -0.628. The minimum atomic E-state index is -3.65. The molecule has 2 aromatic rings. The van der Waals surface area contributed by atoms with E-state index in [0.29, 0.717) is 11.4 Å². The molecule has 1 heterocycles. The molecule has 0 radical (unpaired) electrons. The van der Waals surface area contributed by atoms with Crippen molar-refractivity contribution in [2.45, 2.75) is 4.21 Å². The lowest BCUT2D eigenvalue weighted by Crippen LogP contribution is -2.13. The highest BCUT2D eigenvalue weighted by Crippen LogP contribution is 2.28. The van der Waals surface area contributed by atoms with E-state index in [1.54, 1.807) is 24.3 Å². The fourth-order valence-corrected chi connectivity index (χ4v) is 4.54. The summed E-state index contributed by atoms with van der Waals surface area (Å²) in [4.78, 5) is 11.1. The number of hydrogen-bond acceptors (Lipinski definition) is 5. The second-order valence-electron chi connectivity index (χ2n) is 3.86. The molecule has 0 aliphatic carbocycles. The van der Waals surface area contributed by atoms with E-state index in [1.165, 1.54) is 19.2 Å². The molecule has 1 aromatic heterocycles. The third kappa shape index (κ3) is 4.19. The van der Waals surface area contributed by atoms with Crippen LogP contribution in [0.15, 0.2) is 44.4 Å². The molecule has 0 atom stereocenters. The van der Waals surface area contributed by atoms with Gasteiger partial charge in [-0.2, -0.15) is 0 Å². The summed E-state index contributed by atoms with van der Waals surface area (Å²) in [5.41, 5.74) is 0.767. The number of rotatable bonds is 4. The average Bonchev–Trinajstić information content (AvgIpc) is 2.86. The molecule has 9 heteroatoms. The van der Waals surface area contributed by atoms with Crippen molar-refractivity contribution in [3.8, 4) is 0 Å². The number of halogens is 1. The molecule has 0 saturated heterocycles. The van der Waals surface area contributed by atoms with Gasteiger partial charge in [0.25, 0.3) is 10.0 Å². The van der Waals surface area contributed by atoms with E-state index < -0.39 is 16.1 Å². The van der Waals surface area contributed by atoms with E-state index >= 15 is 0 Å². The lowest BCUT2D eigenvalue weighted by atomic mass is 10.3. The molecule has 2 N–H and O–H groups in total. The zero-order chi connectivity index (χ0) is 15.5. The van der Waals surface area contributed by atoms with Crippen molar-refractivity contribution in [1.29, 1.82) is 0 Å². The smallest absolute Gasteiger partial charge is 0.411 e. The summed E-state index contributed by atoms with van der Waals surface area (Å²) in [6.45, 7) is 0. The van der Waals surface area contributed by atoms with Gasteiger partial charge < -0.3 is 4.74 Å². The molecule has 2 rings (SSSR count). The van der Waals surface area contributed by atoms with Crippen LogP contribution in [0.5, 0.6) is 0 Å². The van der Waals surface area contributed by atoms with Crippen LogP contribution in [0.4, 0.5) is 16.2 Å². The number of sulfonamides is 1. The van der Waals surface area contributed by atoms with Gasteiger partial charge in [-0.15, -0.1) is 11.3 Å². The van der Waals surface area contributed by atoms with E-state index in [1.807, 2.05) is 0 Å². The Bertz CT molecular complexity index is 758. The van der Waals surface area contributed by atoms with Crippen molar-refractivity contribution in [2.24, 2.45) is 0 Å². The lowest BCUT2D eigenvalue weighted by molar-refractivity contribution is 0.187. The van der Waals surface area contributed by atoms with Crippen LogP contribution in [0.3, 0.4) is 0 Å². The molecule has 0 saturated carbocycles. The maximum atomic E-state index is 12.2. The van der Waals surface area contributed by atoms with Gasteiger partial charge in [0, 0.05) is 5.69 Å². The Morgan fingerprint density at radius 3 is 2.57 bits per heavy atom. The molecule has 0 aliphatic rings. The highest BCUT2D eigenvalue weighted by molar-refractivity contribution is 9.11. The molecule has 21 heavy (non-hydrogen) atoms. The standard InChI is InChI=1S/C12H11BrN2O4S2/c1-19-12(16)14-8-3-2-4-9(7-8)15-21(17,18)11-6-5-10(13)20-11/h2-7,15H,1H3,(H,14,16). The van der Waals surface area contributed by atoms with Crippen molar-refractivity contribution < 1.29 is 17.9 Å². The van der Waals surface area contributed by atoms with Crippen molar-refractivity contribution in [3.05, 3.63) is 40.2 Å². The Labute approximate surface area is 134 Å². The predicted molar refractivity (Wildman–Crippen MR) is 85.3 cm³/mol. The van der Waals surface area contributed by atoms with Gasteiger partial charge in [0.15, 0.2) is 0 Å². The summed E-state index contributed by atoms with van der Waals surface area (Å²) in [5.74, 6) is 0. The monoisotopic (exact) mass is 390 g/mol. The molecule has 112 valence electrons. The number of hydrogen-bond donors (Lipinski definition) is 2. The van der Waals surface area contributed by atoms with Gasteiger partial charge in [0.05, 0.1) is 16.6 Å². The van der Waals surface area contributed by atoms with Gasteiger partial charge in [-0.3, -0.25) is 10.0 Å². The van der Waals surface area contributed by atoms with Gasteiger partial charge in [0.1, 0.15) is 4.21 Å². The number of ether oxygens (including phenoxy) is 1. The Kier molecular flexibility index (Phi) is 4.86. The number of thiophene rings is 1. The number of carbonyl (C=O) groups excluding carboxylic acids is 1. The molecular weight excluding hydrogens is 380 g/mol. The highest BCUT2D eigenvalue weighted by atomic mass is 79.9. The molecule has 6 nitrogen and oxygen atoms in total. The largest absolute Gasteiger partial charge is 0.453 e. The maximum absolute atomic E-state index is 12.2. The van der Waals surface area contributed by atoms with Crippen LogP contribution in [0.25, 0.3) is 0 Å². The topological polar surface area (TPSA) is 84.5 Å². The third-order valence-electron chi connectivity index (χ3n) is 2.36. The van der Waals surface area contributed by atoms with Crippen molar-refractivity contribution in [3.63, 3.8) is 0 Å². The van der Waals surface area contributed by atoms with Crippen molar-refractivity contribution in [1.82, 2.24) is 0 Å². The molecule has 0 unspecified atom stereocenters. The van der Waals surface area contributed by atoms with Crippen LogP contribution < -0.4 is 10.0 Å². The van der Waals surface area contributed by atoms with Crippen molar-refractivity contribution >= 4 is 54.8 Å². The van der Waals surface area contributed by atoms with E-state index in [4.69, 9.17) is 0 Å². The number of nitrogens with one attached hydrogen (secondary N) is 2. The second-order valence-corrected chi connectivity index (χ2v) is 8.23. The van der Waals surface area contributed by atoms with E-state index in [-0.39, 0.29) is 4.21 Å². The van der Waals surface area contributed by atoms with Crippen molar-refractivity contribution in [2.75, 3.05) is 17.1 Å². The van der Waals surface area contributed by atoms with Crippen LogP contribution in [0, 0.1) is 0 Å². The minimum Gasteiger partial charge on any atom is -0.453 e. The van der Waals surface area contributed by atoms with Gasteiger partial charge in [-0.05, 0) is 46.3 Å². The summed E-state index contributed by atoms with van der Waals surface area (Å²) in [6, 6.07) is 9.49. The SMILES string of the molecule is COC(=O)Nc1cccc(NS(=O)(=O)c2ccc(Br)s2)c1. The third-order valence-corrected chi connectivity index (χ3v) is 5.86. The molecular formula is C12H11BrN2O4S2. The van der Waals surface area contributed by atoms with Crippen LogP contribution in [-0.2, 0) is 14.8 Å². The summed E-state index contributed by atoms with van der Waals surface area (Å²) in [7, 11) is -2.40. The number of carbonyl (C=O) groups is 1. The van der Waals surface area contributed by atoms with E-state index in [2.05, 4.69) is 30.7 Å². The quantitative estimate of drug-likeness (QED) is 0.836. The fourth-order valence-electron chi connectivity index (χ4n) is 1.48. The highest BCUT2D eigenvalue weighted by Gasteiger charge is 2.16. The Balaban J connectivity index is 2.19. The van der Waals surface area contributed by atoms with Crippen LogP contribution in [0.2, 0.25) is 0 Å². The normalized spacial score (nSPS) is 11.0. The Morgan fingerprint density at radius 1 is 1.24 bits per heavy atom. The molecule has 0 spiro atoms. The van der Waals surface area contributed by atoms with E-state index in [0.717, 1.165) is 15.1 Å². The molecule has 0 aliphatic heterocycles. The Hall–Kier alpha value is -1.58. The fraction of sp³-hybridized carbons (Fsp3) is 0.0833. The summed E-state index contributed by atoms with van der Waals surface area (Å²) in [5, 5.41) is 2.46. The number of methoxy groups -OCH3 is 1. The van der Waals surface area contributed by atoms with Gasteiger partial charge in [-0.25, -0.2) is 13.2 Å². The first-order valence-electron chi connectivity index (χ1n) is 5.64. The van der Waals surface area contributed by atoms with Gasteiger partial charge in [-0.1, -0.05) is 6.07 Å². The van der Waals surface area contributed by atoms with Crippen LogP contribution in [0.1, 0.15) is 0 Å². The first-order chi connectivity index (χ1) is 9.90. The molecule has 1 aromatic carbocycles. The average molecular weight is 391 g/mol. The second kappa shape index (κ2) is 6.46. The first-order valence-corrected chi connectivity index (χ1v) is 8.73. The van der Waals surface area contributed by atoms with Gasteiger partial charge >= 0.3 is 6.09 Å². The molecule has 1 amide bonds. The zero-order valence-corrected chi connectivity index (χ0v) is 14.0. The number of benzene rings is 1. The number of anilines is 2. The van der Waals surface area contributed by atoms with Crippen LogP contribution in [-0.4, -0.2) is 21.6 Å². The summed E-state index contributed by atoms with van der Waals surface area (Å²) < 4.78 is 32.2. The first kappa shape index (κ1) is 15.8. The minimum absolute atomic E-state index is 0.195. The maximum Gasteiger partial charge on any atom is 0.411 e. The van der Waals surface area contributed by atoms with Crippen LogP contribution >= 0.6 is 27.3 Å². The summed E-state index contributed by atoms with van der Waals surface area (Å²) >= 11 is 4.33.